The highest BCUT2D eigenvalue weighted by atomic mass is 16.5. The molecule has 2 fully saturated rings. The molecular weight excluding hydrogens is 254 g/mol. The number of carboxylic acid groups (broad SMARTS) is 1. The molecule has 1 aliphatic carbocycles. The molecule has 1 N–H and O–H groups in total. The smallest absolute Gasteiger partial charge is 0.305 e. The number of carbonyl (C=O) groups is 1. The average Bonchev–Trinajstić information content (AvgIpc) is 2.39. The number of hydrogen-bond acceptors (Lipinski definition) is 3. The summed E-state index contributed by atoms with van der Waals surface area (Å²) in [6, 6.07) is 0.756. The van der Waals surface area contributed by atoms with Gasteiger partial charge in [-0.3, -0.25) is 9.69 Å². The summed E-state index contributed by atoms with van der Waals surface area (Å²) in [4.78, 5) is 13.1. The summed E-state index contributed by atoms with van der Waals surface area (Å²) in [6.45, 7) is 7.35. The van der Waals surface area contributed by atoms with Gasteiger partial charge in [0.05, 0.1) is 19.1 Å². The molecule has 0 spiro atoms. The van der Waals surface area contributed by atoms with Gasteiger partial charge in [-0.1, -0.05) is 13.8 Å². The molecule has 0 amide bonds. The quantitative estimate of drug-likeness (QED) is 0.843. The number of likely N-dealkylation sites (tertiary alicyclic amines) is 1. The molecule has 1 saturated heterocycles. The van der Waals surface area contributed by atoms with Crippen LogP contribution < -0.4 is 0 Å². The normalized spacial score (nSPS) is 33.2. The van der Waals surface area contributed by atoms with Gasteiger partial charge in [-0.05, 0) is 43.9 Å². The fraction of sp³-hybridized carbons (Fsp3) is 0.938. The minimum absolute atomic E-state index is 0.123. The first-order valence-electron chi connectivity index (χ1n) is 8.13. The lowest BCUT2D eigenvalue weighted by Gasteiger charge is -2.43. The summed E-state index contributed by atoms with van der Waals surface area (Å²) in [5, 5.41) is 8.62. The van der Waals surface area contributed by atoms with Gasteiger partial charge in [-0.2, -0.15) is 0 Å². The van der Waals surface area contributed by atoms with Gasteiger partial charge in [0, 0.05) is 19.1 Å². The van der Waals surface area contributed by atoms with E-state index in [0.717, 1.165) is 43.8 Å². The number of aliphatic carboxylic acids is 1. The molecule has 3 unspecified atom stereocenters. The number of ether oxygens (including phenoxy) is 1. The zero-order valence-corrected chi connectivity index (χ0v) is 12.9. The van der Waals surface area contributed by atoms with Gasteiger partial charge in [-0.15, -0.1) is 0 Å². The Morgan fingerprint density at radius 3 is 2.50 bits per heavy atom. The zero-order valence-electron chi connectivity index (χ0n) is 12.9. The molecule has 0 aromatic rings. The summed E-state index contributed by atoms with van der Waals surface area (Å²) in [5.74, 6) is 0.925. The van der Waals surface area contributed by atoms with E-state index in [-0.39, 0.29) is 12.5 Å². The monoisotopic (exact) mass is 283 g/mol. The van der Waals surface area contributed by atoms with Crippen LogP contribution in [-0.2, 0) is 9.53 Å². The minimum Gasteiger partial charge on any atom is -0.481 e. The second-order valence-corrected chi connectivity index (χ2v) is 6.71. The predicted octanol–water partition coefficient (Wildman–Crippen LogP) is 2.77. The van der Waals surface area contributed by atoms with Gasteiger partial charge < -0.3 is 9.84 Å². The molecule has 0 radical (unpaired) electrons. The Morgan fingerprint density at radius 1 is 1.20 bits per heavy atom. The first kappa shape index (κ1) is 15.8. The van der Waals surface area contributed by atoms with Crippen molar-refractivity contribution >= 4 is 5.97 Å². The van der Waals surface area contributed by atoms with Crippen molar-refractivity contribution in [2.75, 3.05) is 19.7 Å². The van der Waals surface area contributed by atoms with Gasteiger partial charge in [-0.25, -0.2) is 0 Å². The van der Waals surface area contributed by atoms with E-state index in [1.165, 1.54) is 19.3 Å². The summed E-state index contributed by atoms with van der Waals surface area (Å²) in [6.07, 6.45) is 6.56. The van der Waals surface area contributed by atoms with Crippen molar-refractivity contribution in [2.45, 2.75) is 64.5 Å². The summed E-state index contributed by atoms with van der Waals surface area (Å²) < 4.78 is 5.67. The highest BCUT2D eigenvalue weighted by molar-refractivity contribution is 5.66. The maximum Gasteiger partial charge on any atom is 0.305 e. The van der Waals surface area contributed by atoms with Crippen molar-refractivity contribution in [3.8, 4) is 0 Å². The van der Waals surface area contributed by atoms with Crippen LogP contribution in [0.3, 0.4) is 0 Å². The van der Waals surface area contributed by atoms with Crippen LogP contribution in [0.1, 0.15) is 52.4 Å². The Labute approximate surface area is 122 Å². The lowest BCUT2D eigenvalue weighted by Crippen LogP contribution is -2.48. The van der Waals surface area contributed by atoms with Crippen LogP contribution in [0.2, 0.25) is 0 Å². The number of rotatable bonds is 5. The van der Waals surface area contributed by atoms with Crippen LogP contribution in [0.25, 0.3) is 0 Å². The van der Waals surface area contributed by atoms with E-state index >= 15 is 0 Å². The van der Waals surface area contributed by atoms with E-state index in [0.29, 0.717) is 6.61 Å². The molecule has 0 aromatic heterocycles. The summed E-state index contributed by atoms with van der Waals surface area (Å²) in [7, 11) is 0. The van der Waals surface area contributed by atoms with Crippen LogP contribution in [0.15, 0.2) is 0 Å². The molecule has 4 heteroatoms. The van der Waals surface area contributed by atoms with Crippen molar-refractivity contribution in [1.29, 1.82) is 0 Å². The molecule has 116 valence electrons. The molecule has 2 aliphatic rings. The highest BCUT2D eigenvalue weighted by Crippen LogP contribution is 2.33. The summed E-state index contributed by atoms with van der Waals surface area (Å²) >= 11 is 0. The standard InChI is InChI=1S/C16H29NO3/c1-12-3-4-15(13(2)11-12)17-8-5-14(6-9-17)20-10-7-16(18)19/h12-15H,3-11H2,1-2H3,(H,18,19). The molecule has 1 aliphatic heterocycles. The fourth-order valence-electron chi connectivity index (χ4n) is 3.88. The van der Waals surface area contributed by atoms with E-state index in [2.05, 4.69) is 18.7 Å². The first-order valence-corrected chi connectivity index (χ1v) is 8.13. The average molecular weight is 283 g/mol. The maximum absolute atomic E-state index is 10.5. The molecule has 1 heterocycles. The van der Waals surface area contributed by atoms with E-state index in [1.807, 2.05) is 0 Å². The third-order valence-electron chi connectivity index (χ3n) is 5.00. The number of carboxylic acids is 1. The Bertz CT molecular complexity index is 313. The Kier molecular flexibility index (Phi) is 5.85. The van der Waals surface area contributed by atoms with Crippen molar-refractivity contribution < 1.29 is 14.6 Å². The molecule has 20 heavy (non-hydrogen) atoms. The summed E-state index contributed by atoms with van der Waals surface area (Å²) in [5.41, 5.74) is 0. The molecule has 1 saturated carbocycles. The van der Waals surface area contributed by atoms with Crippen LogP contribution in [0.5, 0.6) is 0 Å². The van der Waals surface area contributed by atoms with Gasteiger partial charge in [0.1, 0.15) is 0 Å². The van der Waals surface area contributed by atoms with E-state index in [4.69, 9.17) is 9.84 Å². The van der Waals surface area contributed by atoms with E-state index in [1.54, 1.807) is 0 Å². The SMILES string of the molecule is CC1CCC(N2CCC(OCCC(=O)O)CC2)C(C)C1. The lowest BCUT2D eigenvalue weighted by molar-refractivity contribution is -0.139. The lowest BCUT2D eigenvalue weighted by atomic mass is 9.78. The molecule has 3 atom stereocenters. The molecule has 0 aromatic carbocycles. The van der Waals surface area contributed by atoms with Gasteiger partial charge >= 0.3 is 5.97 Å². The van der Waals surface area contributed by atoms with Gasteiger partial charge in [0.25, 0.3) is 0 Å². The van der Waals surface area contributed by atoms with Crippen molar-refractivity contribution in [3.63, 3.8) is 0 Å². The van der Waals surface area contributed by atoms with Gasteiger partial charge in [0.15, 0.2) is 0 Å². The Morgan fingerprint density at radius 2 is 1.90 bits per heavy atom. The third-order valence-corrected chi connectivity index (χ3v) is 5.00. The zero-order chi connectivity index (χ0) is 14.5. The Balaban J connectivity index is 1.70. The largest absolute Gasteiger partial charge is 0.481 e. The maximum atomic E-state index is 10.5. The number of hydrogen-bond donors (Lipinski definition) is 1. The number of nitrogens with zero attached hydrogens (tertiary/aromatic N) is 1. The highest BCUT2D eigenvalue weighted by Gasteiger charge is 2.32. The van der Waals surface area contributed by atoms with Gasteiger partial charge in [0.2, 0.25) is 0 Å². The van der Waals surface area contributed by atoms with Crippen LogP contribution >= 0.6 is 0 Å². The Hall–Kier alpha value is -0.610. The molecule has 0 bridgehead atoms. The topological polar surface area (TPSA) is 49.8 Å². The third kappa shape index (κ3) is 4.45. The fourth-order valence-corrected chi connectivity index (χ4v) is 3.88. The van der Waals surface area contributed by atoms with Crippen molar-refractivity contribution in [3.05, 3.63) is 0 Å². The molecule has 4 nitrogen and oxygen atoms in total. The van der Waals surface area contributed by atoms with E-state index < -0.39 is 5.97 Å². The van der Waals surface area contributed by atoms with Crippen LogP contribution in [0.4, 0.5) is 0 Å². The van der Waals surface area contributed by atoms with Crippen molar-refractivity contribution in [2.24, 2.45) is 11.8 Å². The molecule has 2 rings (SSSR count). The predicted molar refractivity (Wildman–Crippen MR) is 78.8 cm³/mol. The van der Waals surface area contributed by atoms with Crippen LogP contribution in [0, 0.1) is 11.8 Å². The minimum atomic E-state index is -0.771. The van der Waals surface area contributed by atoms with E-state index in [9.17, 15) is 4.79 Å². The number of piperidine rings is 1. The molecular formula is C16H29NO3. The second-order valence-electron chi connectivity index (χ2n) is 6.71. The van der Waals surface area contributed by atoms with Crippen molar-refractivity contribution in [1.82, 2.24) is 4.90 Å². The first-order chi connectivity index (χ1) is 9.56. The second kappa shape index (κ2) is 7.41. The van der Waals surface area contributed by atoms with Crippen LogP contribution in [-0.4, -0.2) is 47.8 Å².